The number of nitrogens with one attached hydrogen (secondary N) is 1. The largest absolute Gasteiger partial charge is 0.493 e. The Morgan fingerprint density at radius 3 is 2.56 bits per heavy atom. The van der Waals surface area contributed by atoms with Gasteiger partial charge >= 0.3 is 0 Å². The summed E-state index contributed by atoms with van der Waals surface area (Å²) in [6, 6.07) is 4.97. The Bertz CT molecular complexity index is 970. The van der Waals surface area contributed by atoms with E-state index >= 15 is 0 Å². The first-order valence-corrected chi connectivity index (χ1v) is 7.63. The lowest BCUT2D eigenvalue weighted by Gasteiger charge is -2.15. The standard InChI is InChI=1S/C16H16ClN5O3/c1-22-5-4-8-14(20-16(17)21-15(8)22)19-10-7-12(25-3)11(24-2)6-9(10)13(18)23/h4-7H,1-3H3,(H2,18,23)(H,19,20,21). The second-order valence-corrected chi connectivity index (χ2v) is 5.59. The fourth-order valence-corrected chi connectivity index (χ4v) is 2.68. The number of hydrogen-bond donors (Lipinski definition) is 2. The van der Waals surface area contributed by atoms with E-state index in [1.54, 1.807) is 6.07 Å². The van der Waals surface area contributed by atoms with Crippen LogP contribution in [0.3, 0.4) is 0 Å². The number of nitrogens with zero attached hydrogens (tertiary/aromatic N) is 3. The molecule has 9 heteroatoms. The zero-order valence-electron chi connectivity index (χ0n) is 13.8. The van der Waals surface area contributed by atoms with Crippen molar-refractivity contribution < 1.29 is 14.3 Å². The number of nitrogens with two attached hydrogens (primary N) is 1. The molecule has 0 atom stereocenters. The number of fused-ring (bicyclic) bond motifs is 1. The van der Waals surface area contributed by atoms with Gasteiger partial charge in [0.25, 0.3) is 5.91 Å². The highest BCUT2D eigenvalue weighted by atomic mass is 35.5. The summed E-state index contributed by atoms with van der Waals surface area (Å²) in [5.74, 6) is 0.671. The van der Waals surface area contributed by atoms with Crippen molar-refractivity contribution in [3.05, 3.63) is 35.2 Å². The molecule has 0 aliphatic heterocycles. The van der Waals surface area contributed by atoms with Gasteiger partial charge in [-0.05, 0) is 23.7 Å². The van der Waals surface area contributed by atoms with Gasteiger partial charge in [-0.25, -0.2) is 0 Å². The van der Waals surface area contributed by atoms with Crippen LogP contribution in [-0.2, 0) is 7.05 Å². The van der Waals surface area contributed by atoms with Crippen LogP contribution in [0.5, 0.6) is 11.5 Å². The summed E-state index contributed by atoms with van der Waals surface area (Å²) in [5, 5.41) is 3.92. The third-order valence-electron chi connectivity index (χ3n) is 3.74. The first kappa shape index (κ1) is 16.8. The number of aromatic nitrogens is 3. The lowest BCUT2D eigenvalue weighted by atomic mass is 10.1. The second kappa shape index (κ2) is 6.48. The molecule has 0 saturated heterocycles. The number of halogens is 1. The Kier molecular flexibility index (Phi) is 4.37. The highest BCUT2D eigenvalue weighted by Crippen LogP contribution is 2.35. The van der Waals surface area contributed by atoms with Gasteiger partial charge in [0, 0.05) is 19.3 Å². The summed E-state index contributed by atoms with van der Waals surface area (Å²) in [4.78, 5) is 20.2. The van der Waals surface area contributed by atoms with Crippen LogP contribution in [0.2, 0.25) is 5.28 Å². The Morgan fingerprint density at radius 1 is 1.24 bits per heavy atom. The van der Waals surface area contributed by atoms with Crippen LogP contribution in [0.25, 0.3) is 11.0 Å². The summed E-state index contributed by atoms with van der Waals surface area (Å²) in [5.41, 5.74) is 6.80. The molecule has 0 bridgehead atoms. The summed E-state index contributed by atoms with van der Waals surface area (Å²) < 4.78 is 12.3. The minimum Gasteiger partial charge on any atom is -0.493 e. The van der Waals surface area contributed by atoms with E-state index in [2.05, 4.69) is 15.3 Å². The molecular weight excluding hydrogens is 346 g/mol. The molecule has 0 aliphatic carbocycles. The number of rotatable bonds is 5. The lowest BCUT2D eigenvalue weighted by molar-refractivity contribution is 0.100. The van der Waals surface area contributed by atoms with Crippen molar-refractivity contribution in [1.29, 1.82) is 0 Å². The van der Waals surface area contributed by atoms with Gasteiger partial charge in [-0.2, -0.15) is 9.97 Å². The second-order valence-electron chi connectivity index (χ2n) is 5.25. The van der Waals surface area contributed by atoms with Crippen LogP contribution >= 0.6 is 11.6 Å². The fourth-order valence-electron chi connectivity index (χ4n) is 2.52. The van der Waals surface area contributed by atoms with E-state index in [1.165, 1.54) is 20.3 Å². The van der Waals surface area contributed by atoms with Gasteiger partial charge in [0.15, 0.2) is 11.5 Å². The van der Waals surface area contributed by atoms with Crippen molar-refractivity contribution in [2.24, 2.45) is 12.8 Å². The molecule has 25 heavy (non-hydrogen) atoms. The van der Waals surface area contributed by atoms with E-state index in [0.717, 1.165) is 5.39 Å². The van der Waals surface area contributed by atoms with E-state index in [1.807, 2.05) is 23.9 Å². The van der Waals surface area contributed by atoms with Crippen molar-refractivity contribution in [3.8, 4) is 11.5 Å². The quantitative estimate of drug-likeness (QED) is 0.676. The Hall–Kier alpha value is -3.00. The highest BCUT2D eigenvalue weighted by Gasteiger charge is 2.17. The summed E-state index contributed by atoms with van der Waals surface area (Å²) in [6.07, 6.45) is 1.84. The van der Waals surface area contributed by atoms with E-state index in [9.17, 15) is 4.79 Å². The number of ether oxygens (including phenoxy) is 2. The number of amides is 1. The van der Waals surface area contributed by atoms with Gasteiger partial charge in [0.2, 0.25) is 5.28 Å². The molecule has 2 aromatic heterocycles. The molecule has 2 heterocycles. The number of methoxy groups -OCH3 is 2. The van der Waals surface area contributed by atoms with Crippen molar-refractivity contribution in [2.45, 2.75) is 0 Å². The molecule has 130 valence electrons. The summed E-state index contributed by atoms with van der Waals surface area (Å²) >= 11 is 6.02. The Morgan fingerprint density at radius 2 is 1.92 bits per heavy atom. The number of hydrogen-bond acceptors (Lipinski definition) is 6. The van der Waals surface area contributed by atoms with Gasteiger partial charge in [-0.3, -0.25) is 4.79 Å². The SMILES string of the molecule is COc1cc(Nc2nc(Cl)nc3c2ccn3C)c(C(N)=O)cc1OC. The van der Waals surface area contributed by atoms with Crippen LogP contribution < -0.4 is 20.5 Å². The smallest absolute Gasteiger partial charge is 0.250 e. The maximum atomic E-state index is 11.8. The molecule has 0 aliphatic rings. The number of carbonyl (C=O) groups is 1. The predicted molar refractivity (Wildman–Crippen MR) is 94.9 cm³/mol. The van der Waals surface area contributed by atoms with Crippen LogP contribution in [0, 0.1) is 0 Å². The van der Waals surface area contributed by atoms with Gasteiger partial charge < -0.3 is 25.1 Å². The van der Waals surface area contributed by atoms with Crippen LogP contribution in [0.1, 0.15) is 10.4 Å². The molecule has 1 amide bonds. The van der Waals surface area contributed by atoms with Crippen molar-refractivity contribution in [3.63, 3.8) is 0 Å². The van der Waals surface area contributed by atoms with Gasteiger partial charge in [-0.15, -0.1) is 0 Å². The number of benzene rings is 1. The number of primary amides is 1. The number of aryl methyl sites for hydroxylation is 1. The van der Waals surface area contributed by atoms with Crippen LogP contribution in [0.15, 0.2) is 24.4 Å². The molecule has 1 aromatic carbocycles. The van der Waals surface area contributed by atoms with Crippen molar-refractivity contribution in [1.82, 2.24) is 14.5 Å². The molecular formula is C16H16ClN5O3. The van der Waals surface area contributed by atoms with E-state index in [-0.39, 0.29) is 10.8 Å². The lowest BCUT2D eigenvalue weighted by Crippen LogP contribution is -2.14. The van der Waals surface area contributed by atoms with Crippen LogP contribution in [-0.4, -0.2) is 34.7 Å². The van der Waals surface area contributed by atoms with E-state index < -0.39 is 5.91 Å². The van der Waals surface area contributed by atoms with Crippen molar-refractivity contribution in [2.75, 3.05) is 19.5 Å². The first-order valence-electron chi connectivity index (χ1n) is 7.26. The molecule has 3 aromatic rings. The summed E-state index contributed by atoms with van der Waals surface area (Å²) in [7, 11) is 4.83. The topological polar surface area (TPSA) is 104 Å². The predicted octanol–water partition coefficient (Wildman–Crippen LogP) is 2.48. The van der Waals surface area contributed by atoms with Gasteiger partial charge in [0.1, 0.15) is 11.5 Å². The summed E-state index contributed by atoms with van der Waals surface area (Å²) in [6.45, 7) is 0. The van der Waals surface area contributed by atoms with E-state index in [4.69, 9.17) is 26.8 Å². The number of anilines is 2. The molecule has 0 unspecified atom stereocenters. The van der Waals surface area contributed by atoms with Gasteiger partial charge in [-0.1, -0.05) is 0 Å². The minimum atomic E-state index is -0.618. The average Bonchev–Trinajstić information content (AvgIpc) is 2.95. The molecule has 0 radical (unpaired) electrons. The zero-order valence-corrected chi connectivity index (χ0v) is 14.6. The molecule has 0 spiro atoms. The minimum absolute atomic E-state index is 0.0814. The van der Waals surface area contributed by atoms with E-state index in [0.29, 0.717) is 28.7 Å². The molecule has 3 rings (SSSR count). The zero-order chi connectivity index (χ0) is 18.1. The van der Waals surface area contributed by atoms with Crippen LogP contribution in [0.4, 0.5) is 11.5 Å². The normalized spacial score (nSPS) is 10.7. The Labute approximate surface area is 148 Å². The average molecular weight is 362 g/mol. The Balaban J connectivity index is 2.16. The monoisotopic (exact) mass is 361 g/mol. The molecule has 3 N–H and O–H groups in total. The molecule has 8 nitrogen and oxygen atoms in total. The third-order valence-corrected chi connectivity index (χ3v) is 3.91. The maximum absolute atomic E-state index is 11.8. The maximum Gasteiger partial charge on any atom is 0.250 e. The third kappa shape index (κ3) is 3.03. The number of carbonyl (C=O) groups excluding carboxylic acids is 1. The first-order chi connectivity index (χ1) is 11.9. The van der Waals surface area contributed by atoms with Crippen molar-refractivity contribution >= 4 is 40.0 Å². The molecule has 0 fully saturated rings. The van der Waals surface area contributed by atoms with Gasteiger partial charge in [0.05, 0.1) is 30.9 Å². The fraction of sp³-hybridized carbons (Fsp3) is 0.188. The molecule has 0 saturated carbocycles. The highest BCUT2D eigenvalue weighted by molar-refractivity contribution is 6.28.